The molecule has 0 amide bonds. The molecule has 1 aliphatic rings. The van der Waals surface area contributed by atoms with E-state index < -0.39 is 0 Å². The van der Waals surface area contributed by atoms with E-state index >= 15 is 0 Å². The van der Waals surface area contributed by atoms with Crippen molar-refractivity contribution in [3.63, 3.8) is 0 Å². The highest BCUT2D eigenvalue weighted by molar-refractivity contribution is 5.41. The van der Waals surface area contributed by atoms with E-state index in [2.05, 4.69) is 22.0 Å². The van der Waals surface area contributed by atoms with Crippen molar-refractivity contribution < 1.29 is 9.47 Å². The Morgan fingerprint density at radius 1 is 1.15 bits per heavy atom. The van der Waals surface area contributed by atoms with Crippen LogP contribution in [-0.2, 0) is 19.6 Å². The Morgan fingerprint density at radius 3 is 2.80 bits per heavy atom. The van der Waals surface area contributed by atoms with Crippen molar-refractivity contribution in [2.45, 2.75) is 19.6 Å². The molecule has 0 unspecified atom stereocenters. The maximum absolute atomic E-state index is 5.45. The molecule has 1 aromatic heterocycles. The van der Waals surface area contributed by atoms with Gasteiger partial charge in [0.15, 0.2) is 0 Å². The quantitative estimate of drug-likeness (QED) is 0.855. The van der Waals surface area contributed by atoms with Gasteiger partial charge in [-0.05, 0) is 17.7 Å². The van der Waals surface area contributed by atoms with Crippen LogP contribution in [0.15, 0.2) is 36.5 Å². The third-order valence-corrected chi connectivity index (χ3v) is 3.64. The number of aromatic nitrogens is 1. The van der Waals surface area contributed by atoms with Crippen molar-refractivity contribution >= 4 is 0 Å². The smallest absolute Gasteiger partial charge is 0.127 e. The van der Waals surface area contributed by atoms with Gasteiger partial charge >= 0.3 is 0 Å². The highest BCUT2D eigenvalue weighted by Gasteiger charge is 2.20. The molecule has 0 atom stereocenters. The summed E-state index contributed by atoms with van der Waals surface area (Å²) in [6.07, 6.45) is 1.86. The van der Waals surface area contributed by atoms with Gasteiger partial charge < -0.3 is 9.47 Å². The summed E-state index contributed by atoms with van der Waals surface area (Å²) >= 11 is 0. The maximum atomic E-state index is 5.45. The average Bonchev–Trinajstić information content (AvgIpc) is 2.90. The molecule has 0 bridgehead atoms. The normalized spacial score (nSPS) is 14.1. The second-order valence-electron chi connectivity index (χ2n) is 4.93. The Bertz CT molecular complexity index is 588. The highest BCUT2D eigenvalue weighted by atomic mass is 16.5. The molecule has 1 aromatic carbocycles. The second kappa shape index (κ2) is 5.51. The Morgan fingerprint density at radius 2 is 2.05 bits per heavy atom. The topological polar surface area (TPSA) is 34.6 Å². The molecule has 0 aliphatic carbocycles. The molecule has 20 heavy (non-hydrogen) atoms. The minimum absolute atomic E-state index is 0.817. The van der Waals surface area contributed by atoms with E-state index in [0.717, 1.165) is 31.1 Å². The first-order valence-corrected chi connectivity index (χ1v) is 6.66. The van der Waals surface area contributed by atoms with Crippen LogP contribution in [0, 0.1) is 0 Å². The number of methoxy groups -OCH3 is 2. The summed E-state index contributed by atoms with van der Waals surface area (Å²) in [7, 11) is 3.36. The average molecular weight is 270 g/mol. The molecule has 0 radical (unpaired) electrons. The van der Waals surface area contributed by atoms with Crippen molar-refractivity contribution in [3.05, 3.63) is 53.3 Å². The number of ether oxygens (including phenoxy) is 2. The molecule has 0 saturated heterocycles. The molecule has 0 fully saturated rings. The van der Waals surface area contributed by atoms with E-state index in [9.17, 15) is 0 Å². The fraction of sp³-hybridized carbons (Fsp3) is 0.312. The molecule has 2 heterocycles. The number of rotatable bonds is 4. The fourth-order valence-electron chi connectivity index (χ4n) is 2.60. The van der Waals surface area contributed by atoms with Crippen LogP contribution in [0.4, 0.5) is 0 Å². The minimum atomic E-state index is 0.817. The summed E-state index contributed by atoms with van der Waals surface area (Å²) < 4.78 is 10.7. The van der Waals surface area contributed by atoms with E-state index in [1.807, 2.05) is 24.4 Å². The molecule has 104 valence electrons. The largest absolute Gasteiger partial charge is 0.497 e. The number of hydrogen-bond donors (Lipinski definition) is 0. The fourth-order valence-corrected chi connectivity index (χ4v) is 2.60. The lowest BCUT2D eigenvalue weighted by Crippen LogP contribution is -2.16. The van der Waals surface area contributed by atoms with Crippen molar-refractivity contribution in [3.8, 4) is 11.5 Å². The Hall–Kier alpha value is -2.07. The van der Waals surface area contributed by atoms with Crippen molar-refractivity contribution in [1.82, 2.24) is 9.88 Å². The second-order valence-corrected chi connectivity index (χ2v) is 4.93. The molecule has 0 N–H and O–H groups in total. The number of benzene rings is 1. The molecule has 0 spiro atoms. The lowest BCUT2D eigenvalue weighted by Gasteiger charge is -2.17. The molecule has 4 heteroatoms. The summed E-state index contributed by atoms with van der Waals surface area (Å²) in [5.74, 6) is 1.69. The zero-order valence-electron chi connectivity index (χ0n) is 11.8. The first-order valence-electron chi connectivity index (χ1n) is 6.66. The Kier molecular flexibility index (Phi) is 3.56. The molecular weight excluding hydrogens is 252 g/mol. The summed E-state index contributed by atoms with van der Waals surface area (Å²) in [4.78, 5) is 6.79. The molecule has 1 aliphatic heterocycles. The maximum Gasteiger partial charge on any atom is 0.127 e. The van der Waals surface area contributed by atoms with Crippen molar-refractivity contribution in [1.29, 1.82) is 0 Å². The SMILES string of the molecule is COc1ccc(CN2Cc3cccnc3C2)c(OC)c1. The Balaban J connectivity index is 1.76. The number of nitrogens with zero attached hydrogens (tertiary/aromatic N) is 2. The van der Waals surface area contributed by atoms with Gasteiger partial charge in [0.2, 0.25) is 0 Å². The monoisotopic (exact) mass is 270 g/mol. The molecule has 4 nitrogen and oxygen atoms in total. The van der Waals surface area contributed by atoms with Crippen LogP contribution in [0.5, 0.6) is 11.5 Å². The highest BCUT2D eigenvalue weighted by Crippen LogP contribution is 2.28. The van der Waals surface area contributed by atoms with Crippen LogP contribution in [0.2, 0.25) is 0 Å². The van der Waals surface area contributed by atoms with Crippen LogP contribution in [-0.4, -0.2) is 24.1 Å². The zero-order chi connectivity index (χ0) is 13.9. The number of pyridine rings is 1. The van der Waals surface area contributed by atoms with E-state index in [0.29, 0.717) is 0 Å². The molecule has 2 aromatic rings. The van der Waals surface area contributed by atoms with Crippen LogP contribution in [0.1, 0.15) is 16.8 Å². The lowest BCUT2D eigenvalue weighted by atomic mass is 10.2. The van der Waals surface area contributed by atoms with Crippen molar-refractivity contribution in [2.75, 3.05) is 14.2 Å². The van der Waals surface area contributed by atoms with E-state index in [1.54, 1.807) is 14.2 Å². The summed E-state index contributed by atoms with van der Waals surface area (Å²) in [5.41, 5.74) is 3.67. The number of fused-ring (bicyclic) bond motifs is 1. The Labute approximate surface area is 119 Å². The van der Waals surface area contributed by atoms with Gasteiger partial charge in [-0.3, -0.25) is 9.88 Å². The van der Waals surface area contributed by atoms with Crippen LogP contribution in [0.3, 0.4) is 0 Å². The van der Waals surface area contributed by atoms with E-state index in [4.69, 9.17) is 9.47 Å². The van der Waals surface area contributed by atoms with Gasteiger partial charge in [-0.2, -0.15) is 0 Å². The standard InChI is InChI=1S/C16H18N2O2/c1-19-14-6-5-13(16(8-14)20-2)10-18-9-12-4-3-7-17-15(12)11-18/h3-8H,9-11H2,1-2H3. The summed E-state index contributed by atoms with van der Waals surface area (Å²) in [6, 6.07) is 10.1. The van der Waals surface area contributed by atoms with Gasteiger partial charge in [0.05, 0.1) is 19.9 Å². The van der Waals surface area contributed by atoms with Gasteiger partial charge in [0, 0.05) is 37.5 Å². The first kappa shape index (κ1) is 12.9. The zero-order valence-corrected chi connectivity index (χ0v) is 11.8. The minimum Gasteiger partial charge on any atom is -0.497 e. The van der Waals surface area contributed by atoms with Gasteiger partial charge in [-0.15, -0.1) is 0 Å². The predicted octanol–water partition coefficient (Wildman–Crippen LogP) is 2.61. The van der Waals surface area contributed by atoms with Gasteiger partial charge in [-0.25, -0.2) is 0 Å². The summed E-state index contributed by atoms with van der Waals surface area (Å²) in [6.45, 7) is 2.69. The van der Waals surface area contributed by atoms with Gasteiger partial charge in [0.25, 0.3) is 0 Å². The van der Waals surface area contributed by atoms with Gasteiger partial charge in [0.1, 0.15) is 11.5 Å². The third kappa shape index (κ3) is 2.47. The molecule has 3 rings (SSSR count). The molecule has 0 saturated carbocycles. The van der Waals surface area contributed by atoms with Crippen LogP contribution < -0.4 is 9.47 Å². The summed E-state index contributed by atoms with van der Waals surface area (Å²) in [5, 5.41) is 0. The predicted molar refractivity (Wildman–Crippen MR) is 76.7 cm³/mol. The van der Waals surface area contributed by atoms with Crippen molar-refractivity contribution in [2.24, 2.45) is 0 Å². The van der Waals surface area contributed by atoms with E-state index in [-0.39, 0.29) is 0 Å². The lowest BCUT2D eigenvalue weighted by molar-refractivity contribution is 0.268. The van der Waals surface area contributed by atoms with Crippen LogP contribution in [0.25, 0.3) is 0 Å². The van der Waals surface area contributed by atoms with Crippen LogP contribution >= 0.6 is 0 Å². The number of hydrogen-bond acceptors (Lipinski definition) is 4. The molecular formula is C16H18N2O2. The van der Waals surface area contributed by atoms with Gasteiger partial charge in [-0.1, -0.05) is 12.1 Å². The third-order valence-electron chi connectivity index (χ3n) is 3.64. The first-order chi connectivity index (χ1) is 9.80. The van der Waals surface area contributed by atoms with E-state index in [1.165, 1.54) is 16.8 Å².